The number of nitrogens with zero attached hydrogens (tertiary/aromatic N) is 1. The molecule has 0 saturated carbocycles. The predicted octanol–water partition coefficient (Wildman–Crippen LogP) is 8.23. The molecule has 0 aliphatic rings. The Morgan fingerprint density at radius 2 is 1.32 bits per heavy atom. The molecule has 168 valence electrons. The number of anilines is 2. The van der Waals surface area contributed by atoms with Gasteiger partial charge in [0.15, 0.2) is 5.78 Å². The number of hydrogen-bond donors (Lipinski definition) is 0. The lowest BCUT2D eigenvalue weighted by molar-refractivity contribution is 0.104. The third-order valence-corrected chi connectivity index (χ3v) is 5.49. The molecule has 6 heteroatoms. The Hall–Kier alpha value is -3.86. The number of hydrogen-bond acceptors (Lipinski definition) is 3. The van der Waals surface area contributed by atoms with Crippen molar-refractivity contribution in [3.8, 4) is 5.75 Å². The molecule has 0 saturated heterocycles. The van der Waals surface area contributed by atoms with E-state index in [1.165, 1.54) is 11.0 Å². The molecule has 0 fully saturated rings. The van der Waals surface area contributed by atoms with Crippen LogP contribution in [0.2, 0.25) is 10.0 Å². The molecule has 4 aromatic carbocycles. The minimum Gasteiger partial charge on any atom is -0.410 e. The highest BCUT2D eigenvalue weighted by Gasteiger charge is 2.20. The summed E-state index contributed by atoms with van der Waals surface area (Å²) < 4.78 is 5.60. The van der Waals surface area contributed by atoms with Crippen LogP contribution in [0.3, 0.4) is 0 Å². The third kappa shape index (κ3) is 5.73. The van der Waals surface area contributed by atoms with Crippen LogP contribution >= 0.6 is 23.2 Å². The highest BCUT2D eigenvalue weighted by Crippen LogP contribution is 2.27. The van der Waals surface area contributed by atoms with Gasteiger partial charge in [-0.2, -0.15) is 0 Å². The molecule has 0 aromatic heterocycles. The maximum absolute atomic E-state index is 13.1. The molecule has 34 heavy (non-hydrogen) atoms. The van der Waals surface area contributed by atoms with E-state index in [0.29, 0.717) is 38.3 Å². The summed E-state index contributed by atoms with van der Waals surface area (Å²) in [5, 5.41) is 0.983. The zero-order valence-corrected chi connectivity index (χ0v) is 19.4. The quantitative estimate of drug-likeness (QED) is 0.203. The molecule has 0 aliphatic carbocycles. The van der Waals surface area contributed by atoms with Gasteiger partial charge in [-0.15, -0.1) is 0 Å². The first-order valence-electron chi connectivity index (χ1n) is 10.4. The molecule has 1 amide bonds. The van der Waals surface area contributed by atoms with Gasteiger partial charge in [0.1, 0.15) is 5.75 Å². The summed E-state index contributed by atoms with van der Waals surface area (Å²) in [6, 6.07) is 29.9. The summed E-state index contributed by atoms with van der Waals surface area (Å²) in [7, 11) is 0. The third-order valence-electron chi connectivity index (χ3n) is 4.93. The van der Waals surface area contributed by atoms with Gasteiger partial charge in [0.05, 0.1) is 11.4 Å². The van der Waals surface area contributed by atoms with Crippen LogP contribution in [0.25, 0.3) is 6.08 Å². The molecule has 4 nitrogen and oxygen atoms in total. The second kappa shape index (κ2) is 10.8. The van der Waals surface area contributed by atoms with Crippen molar-refractivity contribution in [2.45, 2.75) is 0 Å². The molecule has 0 heterocycles. The molecule has 0 atom stereocenters. The van der Waals surface area contributed by atoms with E-state index in [2.05, 4.69) is 0 Å². The van der Waals surface area contributed by atoms with Gasteiger partial charge < -0.3 is 4.74 Å². The molecule has 0 bridgehead atoms. The average molecular weight is 488 g/mol. The van der Waals surface area contributed by atoms with Crippen LogP contribution in [-0.4, -0.2) is 11.9 Å². The van der Waals surface area contributed by atoms with Crippen LogP contribution in [0, 0.1) is 0 Å². The Morgan fingerprint density at radius 3 is 1.88 bits per heavy atom. The highest BCUT2D eigenvalue weighted by molar-refractivity contribution is 6.35. The molecule has 0 spiro atoms. The van der Waals surface area contributed by atoms with Crippen LogP contribution in [0.1, 0.15) is 15.9 Å². The van der Waals surface area contributed by atoms with E-state index < -0.39 is 6.09 Å². The van der Waals surface area contributed by atoms with E-state index in [4.69, 9.17) is 27.9 Å². The summed E-state index contributed by atoms with van der Waals surface area (Å²) in [5.74, 6) is 0.113. The average Bonchev–Trinajstić information content (AvgIpc) is 2.85. The van der Waals surface area contributed by atoms with Gasteiger partial charge in [0.2, 0.25) is 0 Å². The minimum atomic E-state index is -0.561. The Kier molecular flexibility index (Phi) is 7.43. The monoisotopic (exact) mass is 487 g/mol. The van der Waals surface area contributed by atoms with Gasteiger partial charge in [-0.1, -0.05) is 65.7 Å². The summed E-state index contributed by atoms with van der Waals surface area (Å²) in [5.41, 5.74) is 2.49. The van der Waals surface area contributed by atoms with Gasteiger partial charge in [-0.3, -0.25) is 4.79 Å². The van der Waals surface area contributed by atoms with E-state index >= 15 is 0 Å². The smallest absolute Gasteiger partial charge is 0.410 e. The van der Waals surface area contributed by atoms with Crippen molar-refractivity contribution < 1.29 is 14.3 Å². The number of rotatable bonds is 6. The second-order valence-corrected chi connectivity index (χ2v) is 8.11. The number of para-hydroxylation sites is 2. The number of ketones is 1. The van der Waals surface area contributed by atoms with E-state index in [9.17, 15) is 9.59 Å². The number of halogens is 2. The van der Waals surface area contributed by atoms with Gasteiger partial charge in [0.25, 0.3) is 0 Å². The van der Waals surface area contributed by atoms with Crippen LogP contribution in [0.15, 0.2) is 109 Å². The maximum Gasteiger partial charge on any atom is 0.424 e. The topological polar surface area (TPSA) is 46.6 Å². The standard InChI is InChI=1S/C28H19Cl2NO3/c29-22-15-11-20(26(30)19-22)14-18-27(32)21-12-16-25(17-13-21)34-28(33)31(23-7-3-1-4-8-23)24-9-5-2-6-10-24/h1-19H. The van der Waals surface area contributed by atoms with Gasteiger partial charge in [0, 0.05) is 15.6 Å². The zero-order chi connectivity index (χ0) is 23.9. The van der Waals surface area contributed by atoms with Crippen LogP contribution in [0.4, 0.5) is 16.2 Å². The minimum absolute atomic E-state index is 0.209. The van der Waals surface area contributed by atoms with Crippen LogP contribution in [-0.2, 0) is 0 Å². The van der Waals surface area contributed by atoms with Gasteiger partial charge >= 0.3 is 6.09 Å². The molecule has 4 rings (SSSR count). The van der Waals surface area contributed by atoms with Gasteiger partial charge in [-0.25, -0.2) is 9.69 Å². The van der Waals surface area contributed by atoms with Crippen molar-refractivity contribution in [1.82, 2.24) is 0 Å². The highest BCUT2D eigenvalue weighted by atomic mass is 35.5. The molecule has 0 N–H and O–H groups in total. The molecule has 0 aliphatic heterocycles. The summed E-state index contributed by atoms with van der Waals surface area (Å²) >= 11 is 12.0. The number of allylic oxidation sites excluding steroid dienone is 1. The fraction of sp³-hybridized carbons (Fsp3) is 0. The number of amides is 1. The van der Waals surface area contributed by atoms with Crippen molar-refractivity contribution in [2.75, 3.05) is 4.90 Å². The van der Waals surface area contributed by atoms with Crippen molar-refractivity contribution in [2.24, 2.45) is 0 Å². The second-order valence-electron chi connectivity index (χ2n) is 7.26. The lowest BCUT2D eigenvalue weighted by atomic mass is 10.1. The fourth-order valence-electron chi connectivity index (χ4n) is 3.25. The number of ether oxygens (including phenoxy) is 1. The molecule has 0 radical (unpaired) electrons. The fourth-order valence-corrected chi connectivity index (χ4v) is 3.72. The number of carbonyl (C=O) groups is 2. The zero-order valence-electron chi connectivity index (χ0n) is 17.9. The summed E-state index contributed by atoms with van der Waals surface area (Å²) in [6.07, 6.45) is 2.50. The molecule has 4 aromatic rings. The first-order valence-corrected chi connectivity index (χ1v) is 11.2. The largest absolute Gasteiger partial charge is 0.424 e. The first kappa shape index (κ1) is 23.3. The Morgan fingerprint density at radius 1 is 0.735 bits per heavy atom. The number of carbonyl (C=O) groups excluding carboxylic acids is 2. The lowest BCUT2D eigenvalue weighted by Gasteiger charge is -2.22. The summed E-state index contributed by atoms with van der Waals surface area (Å²) in [6.45, 7) is 0. The first-order chi connectivity index (χ1) is 16.5. The number of benzene rings is 4. The molecule has 0 unspecified atom stereocenters. The van der Waals surface area contributed by atoms with Gasteiger partial charge in [-0.05, 0) is 78.4 Å². The van der Waals surface area contributed by atoms with E-state index in [0.717, 1.165) is 0 Å². The lowest BCUT2D eigenvalue weighted by Crippen LogP contribution is -2.29. The van der Waals surface area contributed by atoms with Crippen molar-refractivity contribution in [1.29, 1.82) is 0 Å². The molecular formula is C28H19Cl2NO3. The van der Waals surface area contributed by atoms with Crippen LogP contribution < -0.4 is 9.64 Å². The normalized spacial score (nSPS) is 10.8. The maximum atomic E-state index is 13.1. The SMILES string of the molecule is O=C(C=Cc1ccc(Cl)cc1Cl)c1ccc(OC(=O)N(c2ccccc2)c2ccccc2)cc1. The van der Waals surface area contributed by atoms with Crippen molar-refractivity contribution in [3.05, 3.63) is 130 Å². The van der Waals surface area contributed by atoms with Crippen LogP contribution in [0.5, 0.6) is 5.75 Å². The summed E-state index contributed by atoms with van der Waals surface area (Å²) in [4.78, 5) is 27.1. The van der Waals surface area contributed by atoms with Crippen molar-refractivity contribution in [3.63, 3.8) is 0 Å². The Labute approximate surface area is 207 Å². The Bertz CT molecular complexity index is 1280. The van der Waals surface area contributed by atoms with E-state index in [-0.39, 0.29) is 5.78 Å². The van der Waals surface area contributed by atoms with Crippen molar-refractivity contribution >= 4 is 52.5 Å². The molecular weight excluding hydrogens is 469 g/mol. The Balaban J connectivity index is 1.48. The van der Waals surface area contributed by atoms with E-state index in [1.807, 2.05) is 60.7 Å². The van der Waals surface area contributed by atoms with E-state index in [1.54, 1.807) is 48.5 Å². The predicted molar refractivity (Wildman–Crippen MR) is 137 cm³/mol.